The number of nitrogens with one attached hydrogen (secondary N) is 1. The van der Waals surface area contributed by atoms with Gasteiger partial charge in [-0.2, -0.15) is 5.10 Å². The van der Waals surface area contributed by atoms with E-state index in [4.69, 9.17) is 0 Å². The second-order valence-corrected chi connectivity index (χ2v) is 6.64. The maximum atomic E-state index is 12.4. The van der Waals surface area contributed by atoms with Crippen LogP contribution in [0.2, 0.25) is 0 Å². The van der Waals surface area contributed by atoms with Gasteiger partial charge in [0.25, 0.3) is 0 Å². The summed E-state index contributed by atoms with van der Waals surface area (Å²) in [6.07, 6.45) is 4.75. The van der Waals surface area contributed by atoms with Gasteiger partial charge in [-0.1, -0.05) is 42.5 Å². The first-order valence-electron chi connectivity index (χ1n) is 8.85. The topological polar surface area (TPSA) is 67.2 Å². The van der Waals surface area contributed by atoms with Gasteiger partial charge in [-0.05, 0) is 35.2 Å². The second-order valence-electron chi connectivity index (χ2n) is 6.64. The van der Waals surface area contributed by atoms with Gasteiger partial charge in [0.05, 0.1) is 24.0 Å². The van der Waals surface area contributed by atoms with E-state index in [2.05, 4.69) is 10.4 Å². The molecule has 1 aromatic heterocycles. The van der Waals surface area contributed by atoms with Gasteiger partial charge < -0.3 is 10.4 Å². The summed E-state index contributed by atoms with van der Waals surface area (Å²) in [4.78, 5) is 12.4. The van der Waals surface area contributed by atoms with Crippen LogP contribution in [0.1, 0.15) is 29.2 Å². The summed E-state index contributed by atoms with van der Waals surface area (Å²) in [6, 6.07) is 17.4. The number of benzene rings is 2. The van der Waals surface area contributed by atoms with Crippen molar-refractivity contribution in [3.05, 3.63) is 83.7 Å². The Balaban J connectivity index is 1.36. The summed E-state index contributed by atoms with van der Waals surface area (Å²) in [5, 5.41) is 17.6. The number of carbonyl (C=O) groups excluding carboxylic acids is 1. The lowest BCUT2D eigenvalue weighted by Crippen LogP contribution is -2.33. The van der Waals surface area contributed by atoms with E-state index in [-0.39, 0.29) is 11.9 Å². The molecule has 0 unspecified atom stereocenters. The molecule has 3 aromatic rings. The highest BCUT2D eigenvalue weighted by Crippen LogP contribution is 2.31. The number of hydrogen-bond donors (Lipinski definition) is 2. The summed E-state index contributed by atoms with van der Waals surface area (Å²) in [5.74, 6) is -0.0572. The van der Waals surface area contributed by atoms with E-state index in [1.54, 1.807) is 6.20 Å². The fourth-order valence-electron chi connectivity index (χ4n) is 3.46. The van der Waals surface area contributed by atoms with Crippen LogP contribution in [0.25, 0.3) is 5.69 Å². The van der Waals surface area contributed by atoms with Gasteiger partial charge in [0.1, 0.15) is 0 Å². The minimum absolute atomic E-state index is 0.0572. The van der Waals surface area contributed by atoms with E-state index in [9.17, 15) is 9.90 Å². The molecule has 1 aliphatic rings. The molecule has 5 heteroatoms. The van der Waals surface area contributed by atoms with Crippen LogP contribution in [0.15, 0.2) is 67.0 Å². The highest BCUT2D eigenvalue weighted by molar-refractivity contribution is 5.77. The number of carbonyl (C=O) groups is 1. The molecule has 132 valence electrons. The number of fused-ring (bicyclic) bond motifs is 1. The zero-order chi connectivity index (χ0) is 17.9. The normalized spacial score (nSPS) is 18.5. The first kappa shape index (κ1) is 16.5. The maximum absolute atomic E-state index is 12.4. The molecule has 2 N–H and O–H groups in total. The Hall–Kier alpha value is -2.92. The van der Waals surface area contributed by atoms with Crippen LogP contribution in [0.5, 0.6) is 0 Å². The van der Waals surface area contributed by atoms with Crippen molar-refractivity contribution in [1.82, 2.24) is 15.1 Å². The fourth-order valence-corrected chi connectivity index (χ4v) is 3.46. The minimum atomic E-state index is -0.558. The number of aliphatic hydroxyl groups excluding tert-OH is 1. The highest BCUT2D eigenvalue weighted by Gasteiger charge is 2.31. The first-order valence-corrected chi connectivity index (χ1v) is 8.85. The molecule has 5 nitrogen and oxygen atoms in total. The number of aryl methyl sites for hydroxylation is 1. The molecular formula is C21H21N3O2. The summed E-state index contributed by atoms with van der Waals surface area (Å²) < 4.78 is 1.81. The lowest BCUT2D eigenvalue weighted by Gasteiger charge is -2.17. The van der Waals surface area contributed by atoms with Crippen molar-refractivity contribution in [3.8, 4) is 5.69 Å². The second kappa shape index (κ2) is 7.14. The molecule has 0 spiro atoms. The van der Waals surface area contributed by atoms with E-state index >= 15 is 0 Å². The maximum Gasteiger partial charge on any atom is 0.220 e. The summed E-state index contributed by atoms with van der Waals surface area (Å²) in [5.41, 5.74) is 4.13. The number of para-hydroxylation sites is 1. The molecule has 0 aliphatic heterocycles. The minimum Gasteiger partial charge on any atom is -0.390 e. The Morgan fingerprint density at radius 2 is 1.92 bits per heavy atom. The molecule has 0 bridgehead atoms. The number of hydrogen-bond acceptors (Lipinski definition) is 3. The smallest absolute Gasteiger partial charge is 0.220 e. The lowest BCUT2D eigenvalue weighted by molar-refractivity contribution is -0.122. The largest absolute Gasteiger partial charge is 0.390 e. The Kier molecular flexibility index (Phi) is 4.54. The van der Waals surface area contributed by atoms with Gasteiger partial charge in [0.2, 0.25) is 5.91 Å². The van der Waals surface area contributed by atoms with Crippen molar-refractivity contribution >= 4 is 5.91 Å². The number of aliphatic hydroxyl groups is 1. The van der Waals surface area contributed by atoms with Crippen LogP contribution in [0.4, 0.5) is 0 Å². The van der Waals surface area contributed by atoms with Crippen LogP contribution < -0.4 is 5.32 Å². The van der Waals surface area contributed by atoms with Crippen molar-refractivity contribution in [3.63, 3.8) is 0 Å². The SMILES string of the molecule is O=C(CCc1cnn(-c2ccccc2)c1)N[C@H]1c2ccccc2C[C@H]1O. The van der Waals surface area contributed by atoms with E-state index < -0.39 is 6.10 Å². The number of nitrogens with zero attached hydrogens (tertiary/aromatic N) is 2. The van der Waals surface area contributed by atoms with Gasteiger partial charge in [0.15, 0.2) is 0 Å². The average molecular weight is 347 g/mol. The van der Waals surface area contributed by atoms with Crippen LogP contribution >= 0.6 is 0 Å². The lowest BCUT2D eigenvalue weighted by atomic mass is 10.1. The number of rotatable bonds is 5. The van der Waals surface area contributed by atoms with Gasteiger partial charge in [-0.15, -0.1) is 0 Å². The molecule has 4 rings (SSSR count). The quantitative estimate of drug-likeness (QED) is 0.745. The Morgan fingerprint density at radius 1 is 1.15 bits per heavy atom. The van der Waals surface area contributed by atoms with Crippen LogP contribution in [0.3, 0.4) is 0 Å². The highest BCUT2D eigenvalue weighted by atomic mass is 16.3. The van der Waals surface area contributed by atoms with Crippen molar-refractivity contribution < 1.29 is 9.90 Å². The van der Waals surface area contributed by atoms with Gasteiger partial charge in [-0.3, -0.25) is 4.79 Å². The monoisotopic (exact) mass is 347 g/mol. The van der Waals surface area contributed by atoms with E-state index in [0.29, 0.717) is 19.3 Å². The van der Waals surface area contributed by atoms with E-state index in [0.717, 1.165) is 22.4 Å². The number of amides is 1. The van der Waals surface area contributed by atoms with E-state index in [1.165, 1.54) is 0 Å². The molecule has 0 saturated carbocycles. The van der Waals surface area contributed by atoms with Gasteiger partial charge >= 0.3 is 0 Å². The van der Waals surface area contributed by atoms with Gasteiger partial charge in [0, 0.05) is 19.0 Å². The molecule has 1 aliphatic carbocycles. The van der Waals surface area contributed by atoms with Crippen LogP contribution in [0, 0.1) is 0 Å². The fraction of sp³-hybridized carbons (Fsp3) is 0.238. The predicted octanol–water partition coefficient (Wildman–Crippen LogP) is 2.58. The van der Waals surface area contributed by atoms with Crippen molar-refractivity contribution in [2.75, 3.05) is 0 Å². The third-order valence-corrected chi connectivity index (χ3v) is 4.82. The molecule has 1 amide bonds. The molecule has 0 fully saturated rings. The third-order valence-electron chi connectivity index (χ3n) is 4.82. The van der Waals surface area contributed by atoms with E-state index in [1.807, 2.05) is 65.5 Å². The molecule has 2 aromatic carbocycles. The Morgan fingerprint density at radius 3 is 2.77 bits per heavy atom. The molecule has 26 heavy (non-hydrogen) atoms. The molecule has 0 radical (unpaired) electrons. The standard InChI is InChI=1S/C21H21N3O2/c25-19-12-16-6-4-5-9-18(16)21(19)23-20(26)11-10-15-13-22-24(14-15)17-7-2-1-3-8-17/h1-9,13-14,19,21,25H,10-12H2,(H,23,26)/t19-,21+/m1/s1. The van der Waals surface area contributed by atoms with Crippen LogP contribution in [-0.2, 0) is 17.6 Å². The molecule has 0 saturated heterocycles. The van der Waals surface area contributed by atoms with Crippen molar-refractivity contribution in [2.45, 2.75) is 31.4 Å². The number of aromatic nitrogens is 2. The van der Waals surface area contributed by atoms with Crippen molar-refractivity contribution in [1.29, 1.82) is 0 Å². The molecular weight excluding hydrogens is 326 g/mol. The summed E-state index contributed by atoms with van der Waals surface area (Å²) in [7, 11) is 0. The molecule has 2 atom stereocenters. The first-order chi connectivity index (χ1) is 12.7. The Labute approximate surface area is 152 Å². The predicted molar refractivity (Wildman–Crippen MR) is 98.9 cm³/mol. The zero-order valence-corrected chi connectivity index (χ0v) is 14.4. The summed E-state index contributed by atoms with van der Waals surface area (Å²) >= 11 is 0. The molecule has 1 heterocycles. The van der Waals surface area contributed by atoms with Crippen LogP contribution in [-0.4, -0.2) is 26.9 Å². The summed E-state index contributed by atoms with van der Waals surface area (Å²) in [6.45, 7) is 0. The Bertz CT molecular complexity index is 904. The van der Waals surface area contributed by atoms with Crippen molar-refractivity contribution in [2.24, 2.45) is 0 Å². The third kappa shape index (κ3) is 3.39. The average Bonchev–Trinajstić information content (AvgIpc) is 3.26. The van der Waals surface area contributed by atoms with Gasteiger partial charge in [-0.25, -0.2) is 4.68 Å². The zero-order valence-electron chi connectivity index (χ0n) is 14.4.